The van der Waals surface area contributed by atoms with E-state index in [1.54, 1.807) is 0 Å². The van der Waals surface area contributed by atoms with Gasteiger partial charge in [0.15, 0.2) is 0 Å². The van der Waals surface area contributed by atoms with Crippen LogP contribution in [0.15, 0.2) is 43.0 Å². The van der Waals surface area contributed by atoms with E-state index in [1.807, 2.05) is 18.7 Å². The van der Waals surface area contributed by atoms with E-state index in [0.717, 1.165) is 19.5 Å². The summed E-state index contributed by atoms with van der Waals surface area (Å²) in [6.45, 7) is 6.32. The molecule has 0 bridgehead atoms. The Labute approximate surface area is 109 Å². The molecule has 1 aromatic heterocycles. The summed E-state index contributed by atoms with van der Waals surface area (Å²) in [5.41, 5.74) is 2.71. The van der Waals surface area contributed by atoms with Gasteiger partial charge in [0.25, 0.3) is 0 Å². The Morgan fingerprint density at radius 1 is 1.33 bits per heavy atom. The van der Waals surface area contributed by atoms with Gasteiger partial charge in [0, 0.05) is 18.9 Å². The fraction of sp³-hybridized carbons (Fsp3) is 0.400. The summed E-state index contributed by atoms with van der Waals surface area (Å²) in [4.78, 5) is 4.11. The maximum Gasteiger partial charge on any atom is 0.0946 e. The lowest BCUT2D eigenvalue weighted by atomic mass is 10.0. The van der Waals surface area contributed by atoms with Gasteiger partial charge in [-0.15, -0.1) is 0 Å². The van der Waals surface area contributed by atoms with Gasteiger partial charge in [-0.1, -0.05) is 31.2 Å². The first-order valence-electron chi connectivity index (χ1n) is 6.56. The fourth-order valence-electron chi connectivity index (χ4n) is 2.17. The SMILES string of the molecule is CCCNC(Cn1ccnc1)c1ccccc1C. The minimum Gasteiger partial charge on any atom is -0.336 e. The molecule has 0 aliphatic heterocycles. The molecule has 0 spiro atoms. The van der Waals surface area contributed by atoms with Crippen molar-refractivity contribution >= 4 is 0 Å². The van der Waals surface area contributed by atoms with Crippen LogP contribution in [0.4, 0.5) is 0 Å². The molecule has 2 rings (SSSR count). The second-order valence-electron chi connectivity index (χ2n) is 4.62. The topological polar surface area (TPSA) is 29.9 Å². The third-order valence-corrected chi connectivity index (χ3v) is 3.16. The van der Waals surface area contributed by atoms with Gasteiger partial charge in [-0.2, -0.15) is 0 Å². The second kappa shape index (κ2) is 6.36. The van der Waals surface area contributed by atoms with E-state index in [0.29, 0.717) is 6.04 Å². The van der Waals surface area contributed by atoms with E-state index in [4.69, 9.17) is 0 Å². The fourth-order valence-corrected chi connectivity index (χ4v) is 2.17. The van der Waals surface area contributed by atoms with Crippen LogP contribution in [-0.2, 0) is 6.54 Å². The van der Waals surface area contributed by atoms with Crippen LogP contribution in [0.25, 0.3) is 0 Å². The molecule has 0 saturated carbocycles. The average molecular weight is 243 g/mol. The van der Waals surface area contributed by atoms with Gasteiger partial charge in [0.2, 0.25) is 0 Å². The first-order chi connectivity index (χ1) is 8.81. The summed E-state index contributed by atoms with van der Waals surface area (Å²) in [7, 11) is 0. The summed E-state index contributed by atoms with van der Waals surface area (Å²) in [6, 6.07) is 8.92. The van der Waals surface area contributed by atoms with E-state index >= 15 is 0 Å². The maximum atomic E-state index is 4.11. The lowest BCUT2D eigenvalue weighted by molar-refractivity contribution is 0.461. The van der Waals surface area contributed by atoms with Gasteiger partial charge in [-0.05, 0) is 31.0 Å². The van der Waals surface area contributed by atoms with Crippen LogP contribution in [0.3, 0.4) is 0 Å². The highest BCUT2D eigenvalue weighted by atomic mass is 15.1. The zero-order valence-electron chi connectivity index (χ0n) is 11.1. The number of nitrogens with zero attached hydrogens (tertiary/aromatic N) is 2. The number of nitrogens with one attached hydrogen (secondary N) is 1. The molecule has 96 valence electrons. The molecule has 0 aliphatic rings. The Bertz CT molecular complexity index is 462. The number of aromatic nitrogens is 2. The molecular weight excluding hydrogens is 222 g/mol. The third-order valence-electron chi connectivity index (χ3n) is 3.16. The zero-order valence-corrected chi connectivity index (χ0v) is 11.1. The minimum absolute atomic E-state index is 0.348. The van der Waals surface area contributed by atoms with Crippen molar-refractivity contribution in [1.82, 2.24) is 14.9 Å². The highest BCUT2D eigenvalue weighted by molar-refractivity contribution is 5.28. The highest BCUT2D eigenvalue weighted by Crippen LogP contribution is 2.19. The minimum atomic E-state index is 0.348. The summed E-state index contributed by atoms with van der Waals surface area (Å²) in [5.74, 6) is 0. The predicted molar refractivity (Wildman–Crippen MR) is 74.4 cm³/mol. The summed E-state index contributed by atoms with van der Waals surface area (Å²) in [5, 5.41) is 3.62. The number of benzene rings is 1. The van der Waals surface area contributed by atoms with E-state index in [9.17, 15) is 0 Å². The molecule has 0 radical (unpaired) electrons. The van der Waals surface area contributed by atoms with Crippen LogP contribution in [0.1, 0.15) is 30.5 Å². The first-order valence-corrected chi connectivity index (χ1v) is 6.56. The summed E-state index contributed by atoms with van der Waals surface area (Å²) >= 11 is 0. The van der Waals surface area contributed by atoms with Crippen LogP contribution in [-0.4, -0.2) is 16.1 Å². The third kappa shape index (κ3) is 3.20. The number of aryl methyl sites for hydroxylation is 1. The molecule has 2 aromatic rings. The Morgan fingerprint density at radius 3 is 2.83 bits per heavy atom. The number of imidazole rings is 1. The van der Waals surface area contributed by atoms with Crippen molar-refractivity contribution in [1.29, 1.82) is 0 Å². The van der Waals surface area contributed by atoms with Crippen molar-refractivity contribution in [3.05, 3.63) is 54.1 Å². The van der Waals surface area contributed by atoms with E-state index in [-0.39, 0.29) is 0 Å². The standard InChI is InChI=1S/C15H21N3/c1-3-8-17-15(11-18-10-9-16-12-18)14-7-5-4-6-13(14)2/h4-7,9-10,12,15,17H,3,8,11H2,1-2H3. The second-order valence-corrected chi connectivity index (χ2v) is 4.62. The molecule has 0 amide bonds. The molecule has 1 aromatic carbocycles. The largest absolute Gasteiger partial charge is 0.336 e. The number of hydrogen-bond acceptors (Lipinski definition) is 2. The van der Waals surface area contributed by atoms with Crippen LogP contribution >= 0.6 is 0 Å². The van der Waals surface area contributed by atoms with Gasteiger partial charge >= 0.3 is 0 Å². The molecule has 3 nitrogen and oxygen atoms in total. The number of rotatable bonds is 6. The van der Waals surface area contributed by atoms with Crippen LogP contribution in [0, 0.1) is 6.92 Å². The van der Waals surface area contributed by atoms with Crippen molar-refractivity contribution in [2.45, 2.75) is 32.9 Å². The summed E-state index contributed by atoms with van der Waals surface area (Å²) in [6.07, 6.45) is 6.86. The molecule has 18 heavy (non-hydrogen) atoms. The quantitative estimate of drug-likeness (QED) is 0.845. The van der Waals surface area contributed by atoms with Crippen molar-refractivity contribution in [3.63, 3.8) is 0 Å². The summed E-state index contributed by atoms with van der Waals surface area (Å²) < 4.78 is 2.12. The average Bonchev–Trinajstić information content (AvgIpc) is 2.88. The molecule has 0 fully saturated rings. The molecule has 3 heteroatoms. The normalized spacial score (nSPS) is 12.6. The van der Waals surface area contributed by atoms with Gasteiger partial charge in [-0.3, -0.25) is 0 Å². The molecule has 1 atom stereocenters. The highest BCUT2D eigenvalue weighted by Gasteiger charge is 2.12. The van der Waals surface area contributed by atoms with Gasteiger partial charge in [-0.25, -0.2) is 4.98 Å². The smallest absolute Gasteiger partial charge is 0.0946 e. The van der Waals surface area contributed by atoms with Gasteiger partial charge in [0.05, 0.1) is 12.4 Å². The molecule has 0 saturated heterocycles. The van der Waals surface area contributed by atoms with E-state index in [1.165, 1.54) is 11.1 Å². The molecule has 1 heterocycles. The lowest BCUT2D eigenvalue weighted by Crippen LogP contribution is -2.26. The van der Waals surface area contributed by atoms with E-state index < -0.39 is 0 Å². The van der Waals surface area contributed by atoms with Crippen molar-refractivity contribution in [2.24, 2.45) is 0 Å². The zero-order chi connectivity index (χ0) is 12.8. The number of hydrogen-bond donors (Lipinski definition) is 1. The van der Waals surface area contributed by atoms with Crippen LogP contribution < -0.4 is 5.32 Å². The van der Waals surface area contributed by atoms with Gasteiger partial charge in [0.1, 0.15) is 0 Å². The Kier molecular flexibility index (Phi) is 4.53. The predicted octanol–water partition coefficient (Wildman–Crippen LogP) is 2.93. The van der Waals surface area contributed by atoms with Gasteiger partial charge < -0.3 is 9.88 Å². The van der Waals surface area contributed by atoms with Crippen molar-refractivity contribution in [3.8, 4) is 0 Å². The Balaban J connectivity index is 2.16. The Hall–Kier alpha value is -1.61. The maximum absolute atomic E-state index is 4.11. The van der Waals surface area contributed by atoms with Crippen LogP contribution in [0.2, 0.25) is 0 Å². The first kappa shape index (κ1) is 12.8. The van der Waals surface area contributed by atoms with Crippen molar-refractivity contribution < 1.29 is 0 Å². The van der Waals surface area contributed by atoms with Crippen molar-refractivity contribution in [2.75, 3.05) is 6.54 Å². The van der Waals surface area contributed by atoms with E-state index in [2.05, 4.69) is 53.0 Å². The molecular formula is C15H21N3. The molecule has 1 unspecified atom stereocenters. The monoisotopic (exact) mass is 243 g/mol. The van der Waals surface area contributed by atoms with Crippen LogP contribution in [0.5, 0.6) is 0 Å². The molecule has 0 aliphatic carbocycles. The molecule has 1 N–H and O–H groups in total. The Morgan fingerprint density at radius 2 is 2.17 bits per heavy atom. The lowest BCUT2D eigenvalue weighted by Gasteiger charge is -2.21.